The van der Waals surface area contributed by atoms with Gasteiger partial charge in [0.25, 0.3) is 0 Å². The summed E-state index contributed by atoms with van der Waals surface area (Å²) in [6.45, 7) is 0.685. The molecule has 0 saturated heterocycles. The van der Waals surface area contributed by atoms with E-state index in [1.807, 2.05) is 12.1 Å². The van der Waals surface area contributed by atoms with E-state index in [0.29, 0.717) is 6.61 Å². The highest BCUT2D eigenvalue weighted by Crippen LogP contribution is 2.36. The molecule has 0 aliphatic carbocycles. The van der Waals surface area contributed by atoms with Gasteiger partial charge in [0.1, 0.15) is 11.6 Å². The van der Waals surface area contributed by atoms with Crippen LogP contribution in [0.3, 0.4) is 0 Å². The number of rotatable bonds is 2. The van der Waals surface area contributed by atoms with Crippen LogP contribution in [0.25, 0.3) is 0 Å². The molecule has 2 aromatic carbocycles. The fraction of sp³-hybridized carbons (Fsp3) is 0.200. The van der Waals surface area contributed by atoms with Crippen molar-refractivity contribution < 1.29 is 9.13 Å². The van der Waals surface area contributed by atoms with E-state index >= 15 is 0 Å². The average molecular weight is 448 g/mol. The molecule has 20 heavy (non-hydrogen) atoms. The number of hydrogen-bond donors (Lipinski definition) is 1. The van der Waals surface area contributed by atoms with Crippen LogP contribution in [0.2, 0.25) is 0 Å². The SMILES string of the molecule is Fc1ccc(NC2CCOc3ccc(Br)cc32)c(I)c1. The Kier molecular flexibility index (Phi) is 4.16. The van der Waals surface area contributed by atoms with Gasteiger partial charge in [0.05, 0.1) is 12.6 Å². The molecule has 1 unspecified atom stereocenters. The lowest BCUT2D eigenvalue weighted by molar-refractivity contribution is 0.274. The topological polar surface area (TPSA) is 21.3 Å². The zero-order chi connectivity index (χ0) is 14.1. The molecule has 0 spiro atoms. The maximum absolute atomic E-state index is 13.2. The second kappa shape index (κ2) is 5.89. The smallest absolute Gasteiger partial charge is 0.124 e. The number of halogens is 3. The summed E-state index contributed by atoms with van der Waals surface area (Å²) in [5.41, 5.74) is 2.08. The fourth-order valence-corrected chi connectivity index (χ4v) is 3.32. The number of ether oxygens (including phenoxy) is 1. The van der Waals surface area contributed by atoms with Gasteiger partial charge >= 0.3 is 0 Å². The first-order chi connectivity index (χ1) is 9.63. The van der Waals surface area contributed by atoms with E-state index in [1.54, 1.807) is 6.07 Å². The Morgan fingerprint density at radius 2 is 2.10 bits per heavy atom. The minimum atomic E-state index is -0.213. The molecule has 1 atom stereocenters. The molecule has 0 radical (unpaired) electrons. The third kappa shape index (κ3) is 2.93. The molecule has 104 valence electrons. The van der Waals surface area contributed by atoms with Crippen molar-refractivity contribution in [3.05, 3.63) is 55.8 Å². The zero-order valence-electron chi connectivity index (χ0n) is 10.5. The summed E-state index contributed by atoms with van der Waals surface area (Å²) in [4.78, 5) is 0. The van der Waals surface area contributed by atoms with Crippen LogP contribution in [-0.4, -0.2) is 6.61 Å². The summed E-state index contributed by atoms with van der Waals surface area (Å²) in [5, 5.41) is 3.48. The predicted octanol–water partition coefficient (Wildman–Crippen LogP) is 5.13. The fourth-order valence-electron chi connectivity index (χ4n) is 2.31. The maximum Gasteiger partial charge on any atom is 0.124 e. The third-order valence-corrected chi connectivity index (χ3v) is 4.66. The zero-order valence-corrected chi connectivity index (χ0v) is 14.2. The van der Waals surface area contributed by atoms with Crippen molar-refractivity contribution in [3.63, 3.8) is 0 Å². The van der Waals surface area contributed by atoms with Crippen LogP contribution in [-0.2, 0) is 0 Å². The van der Waals surface area contributed by atoms with E-state index in [1.165, 1.54) is 12.1 Å². The van der Waals surface area contributed by atoms with E-state index in [9.17, 15) is 4.39 Å². The van der Waals surface area contributed by atoms with Crippen LogP contribution in [0.1, 0.15) is 18.0 Å². The normalized spacial score (nSPS) is 17.2. The van der Waals surface area contributed by atoms with Crippen molar-refractivity contribution in [1.29, 1.82) is 0 Å². The minimum Gasteiger partial charge on any atom is -0.493 e. The lowest BCUT2D eigenvalue weighted by atomic mass is 10.0. The van der Waals surface area contributed by atoms with Gasteiger partial charge in [-0.1, -0.05) is 15.9 Å². The first kappa shape index (κ1) is 14.1. The Morgan fingerprint density at radius 1 is 1.25 bits per heavy atom. The van der Waals surface area contributed by atoms with Crippen LogP contribution in [0.15, 0.2) is 40.9 Å². The number of fused-ring (bicyclic) bond motifs is 1. The minimum absolute atomic E-state index is 0.176. The van der Waals surface area contributed by atoms with E-state index in [4.69, 9.17) is 4.74 Å². The first-order valence-electron chi connectivity index (χ1n) is 6.27. The maximum atomic E-state index is 13.2. The molecular weight excluding hydrogens is 436 g/mol. The molecule has 5 heteroatoms. The van der Waals surface area contributed by atoms with Crippen molar-refractivity contribution in [2.45, 2.75) is 12.5 Å². The van der Waals surface area contributed by atoms with Crippen molar-refractivity contribution in [2.24, 2.45) is 0 Å². The van der Waals surface area contributed by atoms with Gasteiger partial charge in [-0.15, -0.1) is 0 Å². The Balaban J connectivity index is 1.91. The Labute approximate surface area is 139 Å². The highest BCUT2D eigenvalue weighted by atomic mass is 127. The standard InChI is InChI=1S/C15H12BrFINO/c16-9-1-4-15-11(7-9)13(5-6-20-15)19-14-3-2-10(17)8-12(14)18/h1-4,7-8,13,19H,5-6H2. The summed E-state index contributed by atoms with van der Waals surface area (Å²) >= 11 is 5.64. The van der Waals surface area contributed by atoms with Crippen LogP contribution >= 0.6 is 38.5 Å². The molecule has 1 aliphatic rings. The van der Waals surface area contributed by atoms with E-state index in [2.05, 4.69) is 49.9 Å². The van der Waals surface area contributed by atoms with E-state index < -0.39 is 0 Å². The number of anilines is 1. The van der Waals surface area contributed by atoms with Crippen molar-refractivity contribution in [2.75, 3.05) is 11.9 Å². The second-order valence-corrected chi connectivity index (χ2v) is 6.72. The summed E-state index contributed by atoms with van der Waals surface area (Å²) in [6.07, 6.45) is 0.886. The molecule has 0 amide bonds. The molecule has 0 fully saturated rings. The van der Waals surface area contributed by atoms with E-state index in [-0.39, 0.29) is 11.9 Å². The molecule has 1 aliphatic heterocycles. The largest absolute Gasteiger partial charge is 0.493 e. The monoisotopic (exact) mass is 447 g/mol. The summed E-state index contributed by atoms with van der Waals surface area (Å²) < 4.78 is 20.7. The Morgan fingerprint density at radius 3 is 2.90 bits per heavy atom. The molecule has 2 nitrogen and oxygen atoms in total. The molecule has 0 bridgehead atoms. The number of nitrogens with one attached hydrogen (secondary N) is 1. The van der Waals surface area contributed by atoms with Gasteiger partial charge in [0, 0.05) is 25.7 Å². The lowest BCUT2D eigenvalue weighted by Gasteiger charge is -2.28. The molecule has 0 aromatic heterocycles. The first-order valence-corrected chi connectivity index (χ1v) is 8.14. The van der Waals surface area contributed by atoms with Crippen molar-refractivity contribution in [1.82, 2.24) is 0 Å². The van der Waals surface area contributed by atoms with Gasteiger partial charge in [-0.3, -0.25) is 0 Å². The van der Waals surface area contributed by atoms with Gasteiger partial charge in [0.15, 0.2) is 0 Å². The molecule has 1 heterocycles. The lowest BCUT2D eigenvalue weighted by Crippen LogP contribution is -2.20. The van der Waals surface area contributed by atoms with Crippen LogP contribution in [0, 0.1) is 9.39 Å². The molecule has 0 saturated carbocycles. The molecule has 3 rings (SSSR count). The number of hydrogen-bond acceptors (Lipinski definition) is 2. The molecule has 1 N–H and O–H groups in total. The Hall–Kier alpha value is -0.820. The highest BCUT2D eigenvalue weighted by Gasteiger charge is 2.22. The van der Waals surface area contributed by atoms with Gasteiger partial charge in [-0.25, -0.2) is 4.39 Å². The van der Waals surface area contributed by atoms with Gasteiger partial charge in [0.2, 0.25) is 0 Å². The summed E-state index contributed by atoms with van der Waals surface area (Å²) in [6, 6.07) is 11.0. The Bertz CT molecular complexity index is 650. The van der Waals surface area contributed by atoms with Gasteiger partial charge in [-0.05, 0) is 59.0 Å². The molecular formula is C15H12BrFINO. The van der Waals surface area contributed by atoms with E-state index in [0.717, 1.165) is 31.5 Å². The molecule has 2 aromatic rings. The predicted molar refractivity (Wildman–Crippen MR) is 89.7 cm³/mol. The van der Waals surface area contributed by atoms with Crippen LogP contribution in [0.4, 0.5) is 10.1 Å². The third-order valence-electron chi connectivity index (χ3n) is 3.27. The highest BCUT2D eigenvalue weighted by molar-refractivity contribution is 14.1. The van der Waals surface area contributed by atoms with Crippen molar-refractivity contribution >= 4 is 44.2 Å². The average Bonchev–Trinajstić information content (AvgIpc) is 2.42. The summed E-state index contributed by atoms with van der Waals surface area (Å²) in [7, 11) is 0. The van der Waals surface area contributed by atoms with Crippen LogP contribution < -0.4 is 10.1 Å². The number of benzene rings is 2. The van der Waals surface area contributed by atoms with Gasteiger partial charge in [-0.2, -0.15) is 0 Å². The quantitative estimate of drug-likeness (QED) is 0.644. The van der Waals surface area contributed by atoms with Gasteiger partial charge < -0.3 is 10.1 Å². The van der Waals surface area contributed by atoms with Crippen LogP contribution in [0.5, 0.6) is 5.75 Å². The second-order valence-electron chi connectivity index (χ2n) is 4.64. The van der Waals surface area contributed by atoms with Crippen molar-refractivity contribution in [3.8, 4) is 5.75 Å². The summed E-state index contributed by atoms with van der Waals surface area (Å²) in [5.74, 6) is 0.698.